The van der Waals surface area contributed by atoms with Gasteiger partial charge in [0, 0.05) is 41.3 Å². The standard InChI is InChI=1S/C32H40ClN3O5S/c1-21(5-3-7-29(40-2)26-11-8-24(26)17-37)18-42(34,39)36-31(38)23-9-13-30-28(16-23)35-19-32(20-41-30)14-4-6-22-15-25(33)10-12-27(22)32/h3,7,9-10,12-13,15-17,21,24,26,29,35H,4-6,8,11,14,18-20H2,1-2H3,(H2,34,36,38,39)/b7-3+/t21-,24-,26+,29-,32-,42?/m0/s1. The minimum atomic E-state index is -3.24. The molecule has 8 nitrogen and oxygen atoms in total. The normalized spacial score (nSPS) is 25.9. The predicted octanol–water partition coefficient (Wildman–Crippen LogP) is 5.72. The summed E-state index contributed by atoms with van der Waals surface area (Å²) in [5.41, 5.74) is 3.31. The molecule has 1 amide bonds. The van der Waals surface area contributed by atoms with E-state index in [2.05, 4.69) is 15.7 Å². The number of nitrogens with two attached hydrogens (primary N) is 1. The molecule has 1 heterocycles. The van der Waals surface area contributed by atoms with Crippen molar-refractivity contribution in [2.75, 3.05) is 31.3 Å². The first kappa shape index (κ1) is 30.7. The Morgan fingerprint density at radius 1 is 1.31 bits per heavy atom. The van der Waals surface area contributed by atoms with Gasteiger partial charge < -0.3 is 19.6 Å². The molecule has 10 heteroatoms. The molecule has 0 bridgehead atoms. The summed E-state index contributed by atoms with van der Waals surface area (Å²) in [6, 6.07) is 11.2. The molecule has 2 aromatic carbocycles. The number of halogens is 1. The van der Waals surface area contributed by atoms with Gasteiger partial charge in [-0.1, -0.05) is 36.7 Å². The second-order valence-electron chi connectivity index (χ2n) is 12.1. The summed E-state index contributed by atoms with van der Waals surface area (Å²) in [5, 5.41) is 10.3. The third-order valence-electron chi connectivity index (χ3n) is 8.96. The Morgan fingerprint density at radius 3 is 2.88 bits per heavy atom. The van der Waals surface area contributed by atoms with Crippen LogP contribution in [-0.2, 0) is 31.3 Å². The lowest BCUT2D eigenvalue weighted by Gasteiger charge is -2.37. The fourth-order valence-corrected chi connectivity index (χ4v) is 8.11. The molecular formula is C32H40ClN3O5S. The van der Waals surface area contributed by atoms with Crippen molar-refractivity contribution in [3.05, 3.63) is 70.3 Å². The third-order valence-corrected chi connectivity index (χ3v) is 10.7. The highest BCUT2D eigenvalue weighted by molar-refractivity contribution is 7.91. The van der Waals surface area contributed by atoms with E-state index in [1.807, 2.05) is 31.2 Å². The fraction of sp³-hybridized carbons (Fsp3) is 0.500. The van der Waals surface area contributed by atoms with Gasteiger partial charge in [0.15, 0.2) is 0 Å². The number of fused-ring (bicyclic) bond motifs is 3. The van der Waals surface area contributed by atoms with Crippen LogP contribution in [0.1, 0.15) is 60.5 Å². The molecule has 1 saturated carbocycles. The lowest BCUT2D eigenvalue weighted by Crippen LogP contribution is -2.41. The van der Waals surface area contributed by atoms with Crippen LogP contribution in [0.4, 0.5) is 5.69 Å². The molecule has 2 aromatic rings. The summed E-state index contributed by atoms with van der Waals surface area (Å²) in [7, 11) is -1.60. The number of nitrogens with one attached hydrogen (secondary N) is 1. The van der Waals surface area contributed by atoms with Gasteiger partial charge in [-0.05, 0) is 91.8 Å². The van der Waals surface area contributed by atoms with Gasteiger partial charge in [0.2, 0.25) is 0 Å². The number of methoxy groups -OCH3 is 1. The highest BCUT2D eigenvalue weighted by atomic mass is 35.5. The molecule has 5 rings (SSSR count). The van der Waals surface area contributed by atoms with Gasteiger partial charge in [0.25, 0.3) is 5.91 Å². The molecule has 2 aliphatic carbocycles. The molecule has 0 radical (unpaired) electrons. The number of allylic oxidation sites excluding steroid dienone is 1. The topological polar surface area (TPSA) is 120 Å². The zero-order valence-corrected chi connectivity index (χ0v) is 25.8. The average Bonchev–Trinajstić information content (AvgIpc) is 3.11. The maximum atomic E-state index is 13.1. The number of nitrogens with zero attached hydrogens (tertiary/aromatic N) is 1. The van der Waals surface area contributed by atoms with Crippen LogP contribution in [0.15, 0.2) is 52.9 Å². The number of aldehydes is 1. The van der Waals surface area contributed by atoms with Crippen LogP contribution in [0.5, 0.6) is 5.75 Å². The van der Waals surface area contributed by atoms with Crippen LogP contribution < -0.4 is 15.2 Å². The zero-order valence-electron chi connectivity index (χ0n) is 24.2. The van der Waals surface area contributed by atoms with Crippen molar-refractivity contribution in [1.82, 2.24) is 0 Å². The second kappa shape index (κ2) is 12.9. The van der Waals surface area contributed by atoms with Crippen molar-refractivity contribution < 1.29 is 23.3 Å². The third kappa shape index (κ3) is 6.75. The maximum Gasteiger partial charge on any atom is 0.286 e. The number of ether oxygens (including phenoxy) is 2. The van der Waals surface area contributed by atoms with Crippen LogP contribution in [-0.4, -0.2) is 48.5 Å². The summed E-state index contributed by atoms with van der Waals surface area (Å²) >= 11 is 6.26. The van der Waals surface area contributed by atoms with Crippen LogP contribution in [0, 0.1) is 17.8 Å². The molecule has 226 valence electrons. The molecule has 3 aliphatic rings. The van der Waals surface area contributed by atoms with Crippen LogP contribution in [0.3, 0.4) is 0 Å². The minimum Gasteiger partial charge on any atom is -0.490 e. The van der Waals surface area contributed by atoms with Crippen LogP contribution in [0.25, 0.3) is 0 Å². The van der Waals surface area contributed by atoms with Gasteiger partial charge in [-0.25, -0.2) is 9.35 Å². The lowest BCUT2D eigenvalue weighted by molar-refractivity contribution is -0.118. The van der Waals surface area contributed by atoms with E-state index in [4.69, 9.17) is 26.2 Å². The quantitative estimate of drug-likeness (QED) is 0.276. The van der Waals surface area contributed by atoms with Crippen LogP contribution >= 0.6 is 11.6 Å². The highest BCUT2D eigenvalue weighted by Crippen LogP contribution is 2.42. The maximum absolute atomic E-state index is 13.1. The van der Waals surface area contributed by atoms with Crippen molar-refractivity contribution in [2.24, 2.45) is 27.3 Å². The SMILES string of the molecule is CO[C@@H](/C=C/C[C@H](C)CS(N)(=O)=NC(=O)c1ccc2c(c1)NC[C@@]1(CCCc3cc(Cl)ccc31)CO2)[C@@H]1CC[C@H]1C=O. The van der Waals surface area contributed by atoms with Gasteiger partial charge >= 0.3 is 0 Å². The largest absolute Gasteiger partial charge is 0.490 e. The Kier molecular flexibility index (Phi) is 9.42. The van der Waals surface area contributed by atoms with Crippen molar-refractivity contribution in [3.63, 3.8) is 0 Å². The number of aryl methyl sites for hydroxylation is 1. The molecule has 42 heavy (non-hydrogen) atoms. The molecular weight excluding hydrogens is 574 g/mol. The van der Waals surface area contributed by atoms with Gasteiger partial charge in [-0.2, -0.15) is 0 Å². The van der Waals surface area contributed by atoms with E-state index >= 15 is 0 Å². The minimum absolute atomic E-state index is 0.0454. The van der Waals surface area contributed by atoms with Crippen molar-refractivity contribution >= 4 is 39.4 Å². The number of anilines is 1. The van der Waals surface area contributed by atoms with Crippen LogP contribution in [0.2, 0.25) is 5.02 Å². The number of carbonyl (C=O) groups is 2. The van der Waals surface area contributed by atoms with E-state index in [1.165, 1.54) is 11.1 Å². The summed E-state index contributed by atoms with van der Waals surface area (Å²) in [6.07, 6.45) is 10.3. The number of hydrogen-bond acceptors (Lipinski definition) is 6. The number of amides is 1. The van der Waals surface area contributed by atoms with E-state index < -0.39 is 15.8 Å². The Balaban J connectivity index is 1.22. The molecule has 0 saturated heterocycles. The van der Waals surface area contributed by atoms with E-state index in [9.17, 15) is 13.8 Å². The van der Waals surface area contributed by atoms with Gasteiger partial charge in [-0.15, -0.1) is 4.36 Å². The van der Waals surface area contributed by atoms with Gasteiger partial charge in [0.05, 0.1) is 18.4 Å². The fourth-order valence-electron chi connectivity index (χ4n) is 6.51. The molecule has 0 aromatic heterocycles. The lowest BCUT2D eigenvalue weighted by atomic mass is 9.70. The Labute approximate surface area is 253 Å². The summed E-state index contributed by atoms with van der Waals surface area (Å²) in [4.78, 5) is 24.2. The number of carbonyl (C=O) groups excluding carboxylic acids is 2. The van der Waals surface area contributed by atoms with E-state index in [1.54, 1.807) is 25.3 Å². The summed E-state index contributed by atoms with van der Waals surface area (Å²) in [5.74, 6) is 0.310. The van der Waals surface area contributed by atoms with Crippen molar-refractivity contribution in [1.29, 1.82) is 0 Å². The van der Waals surface area contributed by atoms with Gasteiger partial charge in [0.1, 0.15) is 22.0 Å². The van der Waals surface area contributed by atoms with Crippen molar-refractivity contribution in [3.8, 4) is 5.75 Å². The Morgan fingerprint density at radius 2 is 2.14 bits per heavy atom. The van der Waals surface area contributed by atoms with E-state index in [-0.39, 0.29) is 35.0 Å². The number of benzene rings is 2. The first-order valence-electron chi connectivity index (χ1n) is 14.6. The molecule has 3 N–H and O–H groups in total. The predicted molar refractivity (Wildman–Crippen MR) is 166 cm³/mol. The number of hydrogen-bond donors (Lipinski definition) is 2. The Hall–Kier alpha value is -2.72. The smallest absolute Gasteiger partial charge is 0.286 e. The number of rotatable bonds is 9. The zero-order chi connectivity index (χ0) is 29.9. The molecule has 1 aliphatic heterocycles. The van der Waals surface area contributed by atoms with Crippen molar-refractivity contribution in [2.45, 2.75) is 57.0 Å². The van der Waals surface area contributed by atoms with E-state index in [0.717, 1.165) is 43.4 Å². The summed E-state index contributed by atoms with van der Waals surface area (Å²) < 4.78 is 28.9. The Bertz CT molecular complexity index is 1490. The molecule has 6 atom stereocenters. The molecule has 1 spiro atoms. The first-order valence-corrected chi connectivity index (χ1v) is 16.8. The average molecular weight is 614 g/mol. The molecule has 1 fully saturated rings. The monoisotopic (exact) mass is 613 g/mol. The van der Waals surface area contributed by atoms with E-state index in [0.29, 0.717) is 36.6 Å². The van der Waals surface area contributed by atoms with Gasteiger partial charge in [-0.3, -0.25) is 4.79 Å². The highest BCUT2D eigenvalue weighted by Gasteiger charge is 2.39. The molecule has 1 unspecified atom stereocenters. The second-order valence-corrected chi connectivity index (χ2v) is 14.4. The first-order chi connectivity index (χ1) is 20.1. The summed E-state index contributed by atoms with van der Waals surface area (Å²) in [6.45, 7) is 3.10.